The summed E-state index contributed by atoms with van der Waals surface area (Å²) >= 11 is 11.9. The van der Waals surface area contributed by atoms with E-state index >= 15 is 0 Å². The lowest BCUT2D eigenvalue weighted by Crippen LogP contribution is -2.24. The van der Waals surface area contributed by atoms with Crippen molar-refractivity contribution < 1.29 is 19.0 Å². The Morgan fingerprint density at radius 3 is 2.55 bits per heavy atom. The Hall–Kier alpha value is -3.22. The van der Waals surface area contributed by atoms with Crippen LogP contribution in [0.3, 0.4) is 0 Å². The van der Waals surface area contributed by atoms with Gasteiger partial charge in [-0.25, -0.2) is 5.43 Å². The Morgan fingerprint density at radius 2 is 1.77 bits per heavy atom. The van der Waals surface area contributed by atoms with Crippen LogP contribution in [0.1, 0.15) is 11.1 Å². The third kappa shape index (κ3) is 6.64. The molecule has 0 unspecified atom stereocenters. The Bertz CT molecular complexity index is 1060. The summed E-state index contributed by atoms with van der Waals surface area (Å²) in [7, 11) is 1.56. The second kappa shape index (κ2) is 11.2. The van der Waals surface area contributed by atoms with Crippen LogP contribution in [0.25, 0.3) is 0 Å². The molecule has 3 rings (SSSR count). The molecule has 31 heavy (non-hydrogen) atoms. The number of benzene rings is 3. The van der Waals surface area contributed by atoms with Crippen molar-refractivity contribution in [1.82, 2.24) is 5.43 Å². The first kappa shape index (κ1) is 22.5. The Balaban J connectivity index is 1.53. The first-order valence-electron chi connectivity index (χ1n) is 9.30. The highest BCUT2D eigenvalue weighted by Gasteiger charge is 2.08. The SMILES string of the molecule is COc1cc(C=NNC(=O)COc2cccc(Cl)c2Cl)ccc1OCc1ccccc1. The lowest BCUT2D eigenvalue weighted by molar-refractivity contribution is -0.123. The molecule has 0 atom stereocenters. The van der Waals surface area contributed by atoms with Gasteiger partial charge in [0, 0.05) is 0 Å². The molecule has 0 saturated heterocycles. The fourth-order valence-electron chi connectivity index (χ4n) is 2.57. The maximum absolute atomic E-state index is 11.9. The lowest BCUT2D eigenvalue weighted by atomic mass is 10.2. The predicted octanol–water partition coefficient (Wildman–Crippen LogP) is 5.11. The number of ether oxygens (including phenoxy) is 3. The molecular weight excluding hydrogens is 439 g/mol. The van der Waals surface area contributed by atoms with Gasteiger partial charge in [0.1, 0.15) is 17.4 Å². The monoisotopic (exact) mass is 458 g/mol. The minimum atomic E-state index is -0.443. The number of carbonyl (C=O) groups excluding carboxylic acids is 1. The van der Waals surface area contributed by atoms with E-state index in [0.29, 0.717) is 28.9 Å². The highest BCUT2D eigenvalue weighted by molar-refractivity contribution is 6.42. The zero-order valence-electron chi connectivity index (χ0n) is 16.7. The van der Waals surface area contributed by atoms with Crippen LogP contribution >= 0.6 is 23.2 Å². The van der Waals surface area contributed by atoms with Crippen LogP contribution in [-0.2, 0) is 11.4 Å². The van der Waals surface area contributed by atoms with E-state index in [-0.39, 0.29) is 11.6 Å². The Labute approximate surface area is 190 Å². The quantitative estimate of drug-likeness (QED) is 0.357. The van der Waals surface area contributed by atoms with Crippen LogP contribution in [0.5, 0.6) is 17.2 Å². The molecule has 3 aromatic rings. The summed E-state index contributed by atoms with van der Waals surface area (Å²) in [6.45, 7) is 0.171. The lowest BCUT2D eigenvalue weighted by Gasteiger charge is -2.11. The van der Waals surface area contributed by atoms with Gasteiger partial charge >= 0.3 is 0 Å². The fourth-order valence-corrected chi connectivity index (χ4v) is 2.92. The molecule has 0 spiro atoms. The number of nitrogens with one attached hydrogen (secondary N) is 1. The molecule has 160 valence electrons. The van der Waals surface area contributed by atoms with Gasteiger partial charge in [-0.3, -0.25) is 4.79 Å². The smallest absolute Gasteiger partial charge is 0.277 e. The Morgan fingerprint density at radius 1 is 0.968 bits per heavy atom. The number of hydrogen-bond acceptors (Lipinski definition) is 5. The highest BCUT2D eigenvalue weighted by Crippen LogP contribution is 2.31. The van der Waals surface area contributed by atoms with E-state index in [1.165, 1.54) is 6.21 Å². The molecule has 0 aliphatic rings. The van der Waals surface area contributed by atoms with Crippen LogP contribution in [0.15, 0.2) is 71.8 Å². The zero-order chi connectivity index (χ0) is 22.1. The highest BCUT2D eigenvalue weighted by atomic mass is 35.5. The maximum Gasteiger partial charge on any atom is 0.277 e. The van der Waals surface area contributed by atoms with Crippen molar-refractivity contribution in [3.63, 3.8) is 0 Å². The van der Waals surface area contributed by atoms with Gasteiger partial charge in [0.15, 0.2) is 18.1 Å². The summed E-state index contributed by atoms with van der Waals surface area (Å²) in [5.74, 6) is 1.05. The number of halogens is 2. The molecule has 1 amide bonds. The number of carbonyl (C=O) groups is 1. The van der Waals surface area contributed by atoms with Crippen molar-refractivity contribution in [3.05, 3.63) is 87.9 Å². The second-order valence-corrected chi connectivity index (χ2v) is 7.10. The largest absolute Gasteiger partial charge is 0.493 e. The fraction of sp³-hybridized carbons (Fsp3) is 0.130. The molecule has 0 heterocycles. The van der Waals surface area contributed by atoms with Crippen molar-refractivity contribution in [2.45, 2.75) is 6.61 Å². The molecular formula is C23H20Cl2N2O4. The van der Waals surface area contributed by atoms with Gasteiger partial charge in [-0.15, -0.1) is 0 Å². The minimum Gasteiger partial charge on any atom is -0.493 e. The van der Waals surface area contributed by atoms with E-state index in [2.05, 4.69) is 10.5 Å². The molecule has 8 heteroatoms. The van der Waals surface area contributed by atoms with Gasteiger partial charge in [0.05, 0.1) is 18.3 Å². The van der Waals surface area contributed by atoms with Gasteiger partial charge in [0.25, 0.3) is 5.91 Å². The van der Waals surface area contributed by atoms with E-state index in [4.69, 9.17) is 37.4 Å². The van der Waals surface area contributed by atoms with Gasteiger partial charge in [-0.05, 0) is 41.5 Å². The molecule has 0 aliphatic carbocycles. The van der Waals surface area contributed by atoms with Crippen LogP contribution < -0.4 is 19.6 Å². The summed E-state index contributed by atoms with van der Waals surface area (Å²) in [5.41, 5.74) is 4.17. The van der Waals surface area contributed by atoms with Crippen LogP contribution in [-0.4, -0.2) is 25.8 Å². The number of methoxy groups -OCH3 is 1. The van der Waals surface area contributed by atoms with Crippen molar-refractivity contribution >= 4 is 35.3 Å². The molecule has 1 N–H and O–H groups in total. The molecule has 0 bridgehead atoms. The van der Waals surface area contributed by atoms with E-state index in [9.17, 15) is 4.79 Å². The van der Waals surface area contributed by atoms with Gasteiger partial charge < -0.3 is 14.2 Å². The molecule has 0 saturated carbocycles. The summed E-state index contributed by atoms with van der Waals surface area (Å²) in [5, 5.41) is 4.53. The number of amides is 1. The molecule has 0 radical (unpaired) electrons. The van der Waals surface area contributed by atoms with Crippen molar-refractivity contribution in [2.24, 2.45) is 5.10 Å². The third-order valence-corrected chi connectivity index (χ3v) is 4.90. The summed E-state index contributed by atoms with van der Waals surface area (Å²) < 4.78 is 16.6. The molecule has 0 aliphatic heterocycles. The maximum atomic E-state index is 11.9. The standard InChI is InChI=1S/C23H20Cl2N2O4/c1-29-21-12-17(10-11-19(21)30-14-16-6-3-2-4-7-16)13-26-27-22(28)15-31-20-9-5-8-18(24)23(20)25/h2-13H,14-15H2,1H3,(H,27,28). The number of hydrazone groups is 1. The van der Waals surface area contributed by atoms with Crippen LogP contribution in [0.4, 0.5) is 0 Å². The molecule has 6 nitrogen and oxygen atoms in total. The second-order valence-electron chi connectivity index (χ2n) is 6.32. The predicted molar refractivity (Wildman–Crippen MR) is 121 cm³/mol. The van der Waals surface area contributed by atoms with Gasteiger partial charge in [-0.1, -0.05) is 59.6 Å². The average molecular weight is 459 g/mol. The number of rotatable bonds is 9. The Kier molecular flexibility index (Phi) is 8.15. The molecule has 0 fully saturated rings. The normalized spacial score (nSPS) is 10.7. The van der Waals surface area contributed by atoms with E-state index in [1.54, 1.807) is 43.5 Å². The minimum absolute atomic E-state index is 0.252. The number of nitrogens with zero attached hydrogens (tertiary/aromatic N) is 1. The van der Waals surface area contributed by atoms with Crippen molar-refractivity contribution in [2.75, 3.05) is 13.7 Å². The summed E-state index contributed by atoms with van der Waals surface area (Å²) in [4.78, 5) is 11.9. The number of hydrogen-bond donors (Lipinski definition) is 1. The van der Waals surface area contributed by atoms with Gasteiger partial charge in [-0.2, -0.15) is 5.10 Å². The molecule has 0 aromatic heterocycles. The topological polar surface area (TPSA) is 69.2 Å². The zero-order valence-corrected chi connectivity index (χ0v) is 18.2. The van der Waals surface area contributed by atoms with Crippen molar-refractivity contribution in [3.8, 4) is 17.2 Å². The molecule has 3 aromatic carbocycles. The summed E-state index contributed by atoms with van der Waals surface area (Å²) in [6, 6.07) is 20.1. The third-order valence-electron chi connectivity index (χ3n) is 4.10. The van der Waals surface area contributed by atoms with E-state index in [1.807, 2.05) is 30.3 Å². The average Bonchev–Trinajstić information content (AvgIpc) is 2.79. The summed E-state index contributed by atoms with van der Waals surface area (Å²) in [6.07, 6.45) is 1.49. The van der Waals surface area contributed by atoms with Crippen molar-refractivity contribution in [1.29, 1.82) is 0 Å². The van der Waals surface area contributed by atoms with Crippen LogP contribution in [0.2, 0.25) is 10.0 Å². The van der Waals surface area contributed by atoms with Gasteiger partial charge in [0.2, 0.25) is 0 Å². The van der Waals surface area contributed by atoms with E-state index < -0.39 is 5.91 Å². The van der Waals surface area contributed by atoms with E-state index in [0.717, 1.165) is 11.1 Å². The first-order valence-corrected chi connectivity index (χ1v) is 10.1. The first-order chi connectivity index (χ1) is 15.1. The van der Waals surface area contributed by atoms with Crippen LogP contribution in [0, 0.1) is 0 Å².